The first-order valence-electron chi connectivity index (χ1n) is 4.67. The van der Waals surface area contributed by atoms with Crippen LogP contribution >= 0.6 is 23.1 Å². The molecule has 0 radical (unpaired) electrons. The monoisotopic (exact) mass is 270 g/mol. The van der Waals surface area contributed by atoms with Crippen LogP contribution in [0, 0.1) is 11.3 Å². The predicted molar refractivity (Wildman–Crippen MR) is 66.1 cm³/mol. The number of nitriles is 1. The van der Waals surface area contributed by atoms with Crippen molar-refractivity contribution in [2.24, 2.45) is 0 Å². The van der Waals surface area contributed by atoms with Gasteiger partial charge in [-0.15, -0.1) is 23.1 Å². The van der Waals surface area contributed by atoms with Crippen LogP contribution in [0.15, 0.2) is 9.59 Å². The van der Waals surface area contributed by atoms with Crippen molar-refractivity contribution >= 4 is 40.7 Å². The van der Waals surface area contributed by atoms with Crippen LogP contribution in [-0.2, 0) is 14.3 Å². The number of rotatable bonds is 3. The molecule has 0 atom stereocenters. The van der Waals surface area contributed by atoms with Crippen molar-refractivity contribution in [2.75, 3.05) is 18.2 Å². The molecule has 0 spiro atoms. The Morgan fingerprint density at radius 1 is 1.65 bits per heavy atom. The zero-order valence-corrected chi connectivity index (χ0v) is 10.9. The normalized spacial score (nSPS) is 9.47. The molecule has 90 valence electrons. The lowest BCUT2D eigenvalue weighted by atomic mass is 10.3. The molecule has 0 bridgehead atoms. The van der Waals surface area contributed by atoms with E-state index in [1.54, 1.807) is 12.3 Å². The van der Waals surface area contributed by atoms with E-state index in [1.165, 1.54) is 23.1 Å². The van der Waals surface area contributed by atoms with E-state index < -0.39 is 11.9 Å². The van der Waals surface area contributed by atoms with Crippen LogP contribution in [0.3, 0.4) is 0 Å². The molecule has 1 heterocycles. The zero-order valence-electron chi connectivity index (χ0n) is 9.27. The topological polar surface area (TPSA) is 79.2 Å². The third-order valence-electron chi connectivity index (χ3n) is 1.76. The van der Waals surface area contributed by atoms with Gasteiger partial charge in [0.05, 0.1) is 22.1 Å². The van der Waals surface area contributed by atoms with E-state index in [0.717, 1.165) is 4.21 Å². The van der Waals surface area contributed by atoms with Crippen molar-refractivity contribution in [1.82, 2.24) is 0 Å². The summed E-state index contributed by atoms with van der Waals surface area (Å²) in [6, 6.07) is 1.99. The molecule has 0 saturated heterocycles. The van der Waals surface area contributed by atoms with Gasteiger partial charge >= 0.3 is 11.9 Å². The van der Waals surface area contributed by atoms with Crippen molar-refractivity contribution in [3.63, 3.8) is 0 Å². The molecule has 0 aromatic carbocycles. The van der Waals surface area contributed by atoms with Gasteiger partial charge in [0.1, 0.15) is 6.07 Å². The maximum Gasteiger partial charge on any atom is 0.397 e. The fourth-order valence-electron chi connectivity index (χ4n) is 1.06. The Kier molecular flexibility index (Phi) is 5.00. The number of thioether (sulfide) groups is 1. The third-order valence-corrected chi connectivity index (χ3v) is 3.90. The van der Waals surface area contributed by atoms with Gasteiger partial charge in [0, 0.05) is 5.38 Å². The summed E-state index contributed by atoms with van der Waals surface area (Å²) >= 11 is 2.76. The van der Waals surface area contributed by atoms with Gasteiger partial charge in [-0.2, -0.15) is 5.26 Å². The molecule has 17 heavy (non-hydrogen) atoms. The summed E-state index contributed by atoms with van der Waals surface area (Å²) < 4.78 is 5.34. The molecule has 5 nitrogen and oxygen atoms in total. The van der Waals surface area contributed by atoms with Crippen molar-refractivity contribution in [3.8, 4) is 6.07 Å². The molecule has 0 unspecified atom stereocenters. The maximum atomic E-state index is 11.4. The fourth-order valence-corrected chi connectivity index (χ4v) is 2.62. The summed E-state index contributed by atoms with van der Waals surface area (Å²) in [6.07, 6.45) is 1.84. The number of hydrogen-bond donors (Lipinski definition) is 1. The zero-order chi connectivity index (χ0) is 12.8. The smallest absolute Gasteiger partial charge is 0.397 e. The lowest BCUT2D eigenvalue weighted by Gasteiger charge is -2.02. The number of esters is 1. The van der Waals surface area contributed by atoms with E-state index in [1.807, 2.05) is 12.3 Å². The van der Waals surface area contributed by atoms with E-state index in [4.69, 9.17) is 5.26 Å². The van der Waals surface area contributed by atoms with Gasteiger partial charge in [0.2, 0.25) is 0 Å². The van der Waals surface area contributed by atoms with E-state index in [-0.39, 0.29) is 6.61 Å². The Balaban J connectivity index is 2.82. The predicted octanol–water partition coefficient (Wildman–Crippen LogP) is 1.84. The largest absolute Gasteiger partial charge is 0.459 e. The fraction of sp³-hybridized carbons (Fsp3) is 0.300. The molecular weight excluding hydrogens is 260 g/mol. The molecule has 0 aliphatic carbocycles. The van der Waals surface area contributed by atoms with Crippen LogP contribution in [0.25, 0.3) is 0 Å². The van der Waals surface area contributed by atoms with Gasteiger partial charge in [-0.05, 0) is 13.2 Å². The SMILES string of the molecule is CCOC(=O)C(=O)Nc1csc(SC)c1C#N. The summed E-state index contributed by atoms with van der Waals surface area (Å²) in [5.74, 6) is -1.82. The number of nitrogens with one attached hydrogen (secondary N) is 1. The first kappa shape index (κ1) is 13.5. The van der Waals surface area contributed by atoms with Crippen molar-refractivity contribution in [3.05, 3.63) is 10.9 Å². The van der Waals surface area contributed by atoms with Crippen LogP contribution in [0.5, 0.6) is 0 Å². The highest BCUT2D eigenvalue weighted by Gasteiger charge is 2.18. The van der Waals surface area contributed by atoms with Crippen molar-refractivity contribution in [1.29, 1.82) is 5.26 Å². The second-order valence-corrected chi connectivity index (χ2v) is 4.76. The molecule has 1 aromatic rings. The third kappa shape index (κ3) is 3.22. The number of carbonyl (C=O) groups is 2. The van der Waals surface area contributed by atoms with Gasteiger partial charge in [-0.3, -0.25) is 4.79 Å². The minimum atomic E-state index is -0.951. The lowest BCUT2D eigenvalue weighted by Crippen LogP contribution is -2.25. The van der Waals surface area contributed by atoms with Crippen molar-refractivity contribution in [2.45, 2.75) is 11.1 Å². The van der Waals surface area contributed by atoms with Crippen molar-refractivity contribution < 1.29 is 14.3 Å². The standard InChI is InChI=1S/C10H10N2O3S2/c1-3-15-9(14)8(13)12-7-5-17-10(16-2)6(7)4-11/h5H,3H2,1-2H3,(H,12,13). The summed E-state index contributed by atoms with van der Waals surface area (Å²) in [5.41, 5.74) is 0.722. The van der Waals surface area contributed by atoms with E-state index in [9.17, 15) is 9.59 Å². The molecular formula is C10H10N2O3S2. The van der Waals surface area contributed by atoms with Gasteiger partial charge in [0.15, 0.2) is 0 Å². The number of carbonyl (C=O) groups excluding carboxylic acids is 2. The van der Waals surface area contributed by atoms with Gasteiger partial charge in [-0.25, -0.2) is 4.79 Å². The minimum absolute atomic E-state index is 0.136. The number of ether oxygens (including phenoxy) is 1. The lowest BCUT2D eigenvalue weighted by molar-refractivity contribution is -0.152. The van der Waals surface area contributed by atoms with E-state index in [2.05, 4.69) is 10.1 Å². The van der Waals surface area contributed by atoms with Gasteiger partial charge < -0.3 is 10.1 Å². The van der Waals surface area contributed by atoms with Gasteiger partial charge in [-0.1, -0.05) is 0 Å². The molecule has 0 fully saturated rings. The average molecular weight is 270 g/mol. The minimum Gasteiger partial charge on any atom is -0.459 e. The summed E-state index contributed by atoms with van der Waals surface area (Å²) in [7, 11) is 0. The van der Waals surface area contributed by atoms with Crippen LogP contribution in [0.2, 0.25) is 0 Å². The Morgan fingerprint density at radius 2 is 2.35 bits per heavy atom. The number of nitrogens with zero attached hydrogens (tertiary/aromatic N) is 1. The highest BCUT2D eigenvalue weighted by Crippen LogP contribution is 2.33. The summed E-state index contributed by atoms with van der Waals surface area (Å²) in [6.45, 7) is 1.75. The highest BCUT2D eigenvalue weighted by atomic mass is 32.2. The maximum absolute atomic E-state index is 11.4. The summed E-state index contributed by atoms with van der Waals surface area (Å²) in [5, 5.41) is 12.9. The van der Waals surface area contributed by atoms with Gasteiger partial charge in [0.25, 0.3) is 0 Å². The molecule has 1 aromatic heterocycles. The second kappa shape index (κ2) is 6.27. The van der Waals surface area contributed by atoms with E-state index >= 15 is 0 Å². The Bertz CT molecular complexity index is 476. The Labute approximate surface area is 107 Å². The molecule has 1 rings (SSSR count). The number of thiophene rings is 1. The van der Waals surface area contributed by atoms with Crippen LogP contribution < -0.4 is 5.32 Å². The molecule has 1 N–H and O–H groups in total. The molecule has 0 saturated carbocycles. The number of hydrogen-bond acceptors (Lipinski definition) is 6. The molecule has 1 amide bonds. The molecule has 0 aliphatic rings. The number of anilines is 1. The van der Waals surface area contributed by atoms with E-state index in [0.29, 0.717) is 11.3 Å². The van der Waals surface area contributed by atoms with Crippen LogP contribution in [0.4, 0.5) is 5.69 Å². The first-order chi connectivity index (χ1) is 8.13. The van der Waals surface area contributed by atoms with Crippen LogP contribution in [0.1, 0.15) is 12.5 Å². The summed E-state index contributed by atoms with van der Waals surface area (Å²) in [4.78, 5) is 22.5. The first-order valence-corrected chi connectivity index (χ1v) is 6.78. The Hall–Kier alpha value is -1.52. The average Bonchev–Trinajstić information content (AvgIpc) is 2.71. The molecule has 0 aliphatic heterocycles. The molecule has 7 heteroatoms. The Morgan fingerprint density at radius 3 is 2.88 bits per heavy atom. The second-order valence-electron chi connectivity index (χ2n) is 2.80. The quantitative estimate of drug-likeness (QED) is 0.515. The number of amides is 1. The van der Waals surface area contributed by atoms with Crippen LogP contribution in [-0.4, -0.2) is 24.7 Å². The highest BCUT2D eigenvalue weighted by molar-refractivity contribution is 8.00.